The highest BCUT2D eigenvalue weighted by molar-refractivity contribution is 9.10. The van der Waals surface area contributed by atoms with Gasteiger partial charge in [-0.1, -0.05) is 45.8 Å². The van der Waals surface area contributed by atoms with Crippen LogP contribution in [-0.2, 0) is 0 Å². The number of halogens is 1. The standard InChI is InChI=1S/C21H14BrNO3/c1-12-2-4-13(5-3-12)19-8-9-20(26-19)18-11-16(21(24)25)15-10-14(22)6-7-17(15)23-18/h2-11H,1H3,(H,24,25). The molecule has 128 valence electrons. The van der Waals surface area contributed by atoms with Crippen LogP contribution in [0.3, 0.4) is 0 Å². The quantitative estimate of drug-likeness (QED) is 0.456. The van der Waals surface area contributed by atoms with E-state index in [0.29, 0.717) is 22.4 Å². The number of carboxylic acids is 1. The van der Waals surface area contributed by atoms with E-state index in [9.17, 15) is 9.90 Å². The molecular formula is C21H14BrNO3. The van der Waals surface area contributed by atoms with Crippen molar-refractivity contribution in [3.63, 3.8) is 0 Å². The molecule has 0 aliphatic carbocycles. The average Bonchev–Trinajstić information content (AvgIpc) is 3.11. The Labute approximate surface area is 158 Å². The number of rotatable bonds is 3. The third-order valence-corrected chi connectivity index (χ3v) is 4.69. The SMILES string of the molecule is Cc1ccc(-c2ccc(-c3cc(C(=O)O)c4cc(Br)ccc4n3)o2)cc1. The zero-order chi connectivity index (χ0) is 18.3. The second-order valence-electron chi connectivity index (χ2n) is 6.05. The predicted octanol–water partition coefficient (Wildman–Crippen LogP) is 5.93. The van der Waals surface area contributed by atoms with Gasteiger partial charge in [-0.3, -0.25) is 0 Å². The molecule has 0 saturated carbocycles. The number of fused-ring (bicyclic) bond motifs is 1. The van der Waals surface area contributed by atoms with Gasteiger partial charge in [0, 0.05) is 15.4 Å². The Morgan fingerprint density at radius 3 is 2.46 bits per heavy atom. The van der Waals surface area contributed by atoms with Crippen molar-refractivity contribution in [1.29, 1.82) is 0 Å². The molecule has 4 aromatic rings. The minimum absolute atomic E-state index is 0.194. The number of aryl methyl sites for hydroxylation is 1. The summed E-state index contributed by atoms with van der Waals surface area (Å²) in [6, 6.07) is 18.6. The van der Waals surface area contributed by atoms with Crippen LogP contribution in [0.5, 0.6) is 0 Å². The maximum Gasteiger partial charge on any atom is 0.336 e. The molecule has 0 aliphatic rings. The van der Waals surface area contributed by atoms with E-state index >= 15 is 0 Å². The molecule has 0 unspecified atom stereocenters. The van der Waals surface area contributed by atoms with Crippen molar-refractivity contribution in [3.05, 3.63) is 76.3 Å². The van der Waals surface area contributed by atoms with Crippen LogP contribution in [0.15, 0.2) is 69.6 Å². The molecule has 0 atom stereocenters. The number of benzene rings is 2. The molecule has 2 aromatic heterocycles. The molecule has 0 fully saturated rings. The van der Waals surface area contributed by atoms with Gasteiger partial charge in [0.2, 0.25) is 0 Å². The zero-order valence-electron chi connectivity index (χ0n) is 13.9. The second-order valence-corrected chi connectivity index (χ2v) is 6.97. The molecule has 0 spiro atoms. The number of pyridine rings is 1. The van der Waals surface area contributed by atoms with Crippen LogP contribution in [0.2, 0.25) is 0 Å². The molecule has 1 N–H and O–H groups in total. The van der Waals surface area contributed by atoms with Crippen molar-refractivity contribution in [1.82, 2.24) is 4.98 Å². The summed E-state index contributed by atoms with van der Waals surface area (Å²) in [6.07, 6.45) is 0. The number of nitrogens with zero attached hydrogens (tertiary/aromatic N) is 1. The predicted molar refractivity (Wildman–Crippen MR) is 104 cm³/mol. The Kier molecular flexibility index (Phi) is 4.09. The van der Waals surface area contributed by atoms with Crippen LogP contribution >= 0.6 is 15.9 Å². The fourth-order valence-corrected chi connectivity index (χ4v) is 3.21. The smallest absolute Gasteiger partial charge is 0.336 e. The van der Waals surface area contributed by atoms with E-state index in [4.69, 9.17) is 4.42 Å². The molecule has 0 aliphatic heterocycles. The van der Waals surface area contributed by atoms with Gasteiger partial charge in [-0.25, -0.2) is 9.78 Å². The minimum Gasteiger partial charge on any atom is -0.478 e. The van der Waals surface area contributed by atoms with Gasteiger partial charge >= 0.3 is 5.97 Å². The number of carbonyl (C=O) groups is 1. The lowest BCUT2D eigenvalue weighted by atomic mass is 10.1. The van der Waals surface area contributed by atoms with Gasteiger partial charge < -0.3 is 9.52 Å². The lowest BCUT2D eigenvalue weighted by Gasteiger charge is -2.06. The van der Waals surface area contributed by atoms with Gasteiger partial charge in [-0.05, 0) is 43.3 Å². The lowest BCUT2D eigenvalue weighted by molar-refractivity contribution is 0.0699. The summed E-state index contributed by atoms with van der Waals surface area (Å²) in [5, 5.41) is 10.2. The first-order chi connectivity index (χ1) is 12.5. The van der Waals surface area contributed by atoms with Crippen LogP contribution in [0, 0.1) is 6.92 Å². The van der Waals surface area contributed by atoms with Crippen LogP contribution in [0.4, 0.5) is 0 Å². The number of aromatic nitrogens is 1. The van der Waals surface area contributed by atoms with Crippen molar-refractivity contribution < 1.29 is 14.3 Å². The molecule has 5 heteroatoms. The summed E-state index contributed by atoms with van der Waals surface area (Å²) in [5.74, 6) is 0.254. The Hall–Kier alpha value is -2.92. The summed E-state index contributed by atoms with van der Waals surface area (Å²) >= 11 is 3.37. The van der Waals surface area contributed by atoms with Crippen LogP contribution in [-0.4, -0.2) is 16.1 Å². The molecule has 4 nitrogen and oxygen atoms in total. The molecule has 0 saturated heterocycles. The Bertz CT molecular complexity index is 1130. The molecule has 4 rings (SSSR count). The first-order valence-corrected chi connectivity index (χ1v) is 8.81. The number of carboxylic acid groups (broad SMARTS) is 1. The monoisotopic (exact) mass is 407 g/mol. The first kappa shape index (κ1) is 16.5. The van der Waals surface area contributed by atoms with Crippen molar-refractivity contribution in [2.24, 2.45) is 0 Å². The Morgan fingerprint density at radius 1 is 1.00 bits per heavy atom. The van der Waals surface area contributed by atoms with E-state index in [1.807, 2.05) is 49.4 Å². The second kappa shape index (κ2) is 6.42. The minimum atomic E-state index is -0.998. The van der Waals surface area contributed by atoms with Crippen molar-refractivity contribution in [2.75, 3.05) is 0 Å². The fraction of sp³-hybridized carbons (Fsp3) is 0.0476. The van der Waals surface area contributed by atoms with E-state index in [0.717, 1.165) is 15.8 Å². The highest BCUT2D eigenvalue weighted by Gasteiger charge is 2.15. The molecule has 2 heterocycles. The third-order valence-electron chi connectivity index (χ3n) is 4.20. The Balaban J connectivity index is 1.83. The van der Waals surface area contributed by atoms with Crippen LogP contribution in [0.1, 0.15) is 15.9 Å². The highest BCUT2D eigenvalue weighted by atomic mass is 79.9. The van der Waals surface area contributed by atoms with Crippen molar-refractivity contribution in [2.45, 2.75) is 6.92 Å². The first-order valence-electron chi connectivity index (χ1n) is 8.02. The van der Waals surface area contributed by atoms with Gasteiger partial charge in [-0.2, -0.15) is 0 Å². The van der Waals surface area contributed by atoms with Crippen LogP contribution < -0.4 is 0 Å². The largest absolute Gasteiger partial charge is 0.478 e. The van der Waals surface area contributed by atoms with Crippen molar-refractivity contribution >= 4 is 32.8 Å². The summed E-state index contributed by atoms with van der Waals surface area (Å²) < 4.78 is 6.75. The normalized spacial score (nSPS) is 11.0. The van der Waals surface area contributed by atoms with Crippen LogP contribution in [0.25, 0.3) is 33.7 Å². The summed E-state index contributed by atoms with van der Waals surface area (Å²) in [5.41, 5.74) is 3.44. The summed E-state index contributed by atoms with van der Waals surface area (Å²) in [7, 11) is 0. The van der Waals surface area contributed by atoms with Gasteiger partial charge in [0.15, 0.2) is 5.76 Å². The number of hydrogen-bond acceptors (Lipinski definition) is 3. The van der Waals surface area contributed by atoms with Gasteiger partial charge in [0.1, 0.15) is 11.5 Å². The fourth-order valence-electron chi connectivity index (χ4n) is 2.85. The number of furan rings is 1. The lowest BCUT2D eigenvalue weighted by Crippen LogP contribution is -2.00. The molecule has 2 aromatic carbocycles. The van der Waals surface area contributed by atoms with E-state index in [2.05, 4.69) is 20.9 Å². The highest BCUT2D eigenvalue weighted by Crippen LogP contribution is 2.31. The molecule has 26 heavy (non-hydrogen) atoms. The Morgan fingerprint density at radius 2 is 1.73 bits per heavy atom. The van der Waals surface area contributed by atoms with E-state index in [1.54, 1.807) is 18.2 Å². The van der Waals surface area contributed by atoms with Crippen molar-refractivity contribution in [3.8, 4) is 22.8 Å². The summed E-state index contributed by atoms with van der Waals surface area (Å²) in [4.78, 5) is 16.3. The molecule has 0 amide bonds. The maximum atomic E-state index is 11.7. The molecular weight excluding hydrogens is 394 g/mol. The number of aromatic carboxylic acids is 1. The van der Waals surface area contributed by atoms with Gasteiger partial charge in [0.25, 0.3) is 0 Å². The summed E-state index contributed by atoms with van der Waals surface area (Å²) in [6.45, 7) is 2.03. The van der Waals surface area contributed by atoms with E-state index in [1.165, 1.54) is 5.56 Å². The number of hydrogen-bond donors (Lipinski definition) is 1. The van der Waals surface area contributed by atoms with E-state index < -0.39 is 5.97 Å². The van der Waals surface area contributed by atoms with Gasteiger partial charge in [0.05, 0.1) is 11.1 Å². The average molecular weight is 408 g/mol. The topological polar surface area (TPSA) is 63.3 Å². The molecule has 0 bridgehead atoms. The molecule has 0 radical (unpaired) electrons. The van der Waals surface area contributed by atoms with E-state index in [-0.39, 0.29) is 5.56 Å². The maximum absolute atomic E-state index is 11.7. The van der Waals surface area contributed by atoms with Gasteiger partial charge in [-0.15, -0.1) is 0 Å². The zero-order valence-corrected chi connectivity index (χ0v) is 15.4. The third kappa shape index (κ3) is 3.02.